The molecule has 1 heterocycles. The predicted molar refractivity (Wildman–Crippen MR) is 59.6 cm³/mol. The Morgan fingerprint density at radius 2 is 2.29 bits per heavy atom. The van der Waals surface area contributed by atoms with Gasteiger partial charge >= 0.3 is 0 Å². The molecule has 0 spiro atoms. The molecule has 1 unspecified atom stereocenters. The van der Waals surface area contributed by atoms with Crippen molar-refractivity contribution in [3.05, 3.63) is 0 Å². The lowest BCUT2D eigenvalue weighted by molar-refractivity contribution is 0.174. The minimum atomic E-state index is 0.770. The van der Waals surface area contributed by atoms with Crippen LogP contribution < -0.4 is 5.32 Å². The molecule has 1 aliphatic rings. The smallest absolute Gasteiger partial charge is 0.0507 e. The molecule has 3 heteroatoms. The Morgan fingerprint density at radius 3 is 2.93 bits per heavy atom. The third kappa shape index (κ3) is 4.94. The maximum absolute atomic E-state index is 5.36. The van der Waals surface area contributed by atoms with Crippen LogP contribution in [0.2, 0.25) is 0 Å². The van der Waals surface area contributed by atoms with E-state index in [2.05, 4.69) is 24.2 Å². The Balaban J connectivity index is 1.95. The van der Waals surface area contributed by atoms with E-state index in [9.17, 15) is 0 Å². The Kier molecular flexibility index (Phi) is 6.15. The first-order chi connectivity index (χ1) is 6.83. The molecular formula is C11H24N2O. The van der Waals surface area contributed by atoms with Gasteiger partial charge in [-0.3, -0.25) is 0 Å². The highest BCUT2D eigenvalue weighted by atomic mass is 16.5. The molecule has 0 aromatic carbocycles. The van der Waals surface area contributed by atoms with Crippen molar-refractivity contribution in [3.8, 4) is 0 Å². The van der Waals surface area contributed by atoms with E-state index in [1.165, 1.54) is 19.4 Å². The zero-order valence-electron chi connectivity index (χ0n) is 9.59. The highest BCUT2D eigenvalue weighted by Gasteiger charge is 2.16. The number of hydrogen-bond donors (Lipinski definition) is 1. The quantitative estimate of drug-likeness (QED) is 0.619. The number of ether oxygens (including phenoxy) is 1. The topological polar surface area (TPSA) is 24.5 Å². The van der Waals surface area contributed by atoms with Gasteiger partial charge in [-0.2, -0.15) is 0 Å². The summed E-state index contributed by atoms with van der Waals surface area (Å²) in [5, 5.41) is 3.42. The van der Waals surface area contributed by atoms with Crippen molar-refractivity contribution in [2.45, 2.75) is 19.8 Å². The van der Waals surface area contributed by atoms with E-state index in [0.29, 0.717) is 0 Å². The molecule has 1 rings (SSSR count). The molecule has 3 nitrogen and oxygen atoms in total. The van der Waals surface area contributed by atoms with Crippen molar-refractivity contribution in [2.75, 3.05) is 46.4 Å². The second-order valence-corrected chi connectivity index (χ2v) is 4.24. The molecule has 1 atom stereocenters. The molecule has 84 valence electrons. The standard InChI is InChI=1S/C11H24N2O/c1-3-5-12-6-7-13(2)9-11-4-8-14-10-11/h11-12H,3-10H2,1-2H3. The number of nitrogens with one attached hydrogen (secondary N) is 1. The number of likely N-dealkylation sites (N-methyl/N-ethyl adjacent to an activating group) is 1. The summed E-state index contributed by atoms with van der Waals surface area (Å²) in [4.78, 5) is 2.40. The third-order valence-corrected chi connectivity index (χ3v) is 2.69. The first-order valence-electron chi connectivity index (χ1n) is 5.80. The molecule has 0 amide bonds. The highest BCUT2D eigenvalue weighted by molar-refractivity contribution is 4.68. The second-order valence-electron chi connectivity index (χ2n) is 4.24. The van der Waals surface area contributed by atoms with Crippen LogP contribution in [0.4, 0.5) is 0 Å². The fourth-order valence-electron chi connectivity index (χ4n) is 1.83. The summed E-state index contributed by atoms with van der Waals surface area (Å²) >= 11 is 0. The van der Waals surface area contributed by atoms with Gasteiger partial charge in [0.25, 0.3) is 0 Å². The van der Waals surface area contributed by atoms with E-state index in [1.807, 2.05) is 0 Å². The van der Waals surface area contributed by atoms with Crippen molar-refractivity contribution in [2.24, 2.45) is 5.92 Å². The highest BCUT2D eigenvalue weighted by Crippen LogP contribution is 2.12. The Bertz CT molecular complexity index is 135. The van der Waals surface area contributed by atoms with Crippen LogP contribution in [0.15, 0.2) is 0 Å². The molecule has 1 aliphatic heterocycles. The van der Waals surface area contributed by atoms with Gasteiger partial charge in [0.15, 0.2) is 0 Å². The molecule has 0 aliphatic carbocycles. The summed E-state index contributed by atoms with van der Waals surface area (Å²) < 4.78 is 5.36. The molecule has 1 N–H and O–H groups in total. The van der Waals surface area contributed by atoms with Crippen LogP contribution in [0.5, 0.6) is 0 Å². The lowest BCUT2D eigenvalue weighted by Gasteiger charge is -2.19. The molecule has 1 fully saturated rings. The van der Waals surface area contributed by atoms with Gasteiger partial charge in [0, 0.05) is 26.2 Å². The molecular weight excluding hydrogens is 176 g/mol. The summed E-state index contributed by atoms with van der Waals surface area (Å²) in [6, 6.07) is 0. The Morgan fingerprint density at radius 1 is 1.43 bits per heavy atom. The van der Waals surface area contributed by atoms with Gasteiger partial charge < -0.3 is 15.0 Å². The van der Waals surface area contributed by atoms with E-state index in [1.54, 1.807) is 0 Å². The molecule has 0 radical (unpaired) electrons. The fourth-order valence-corrected chi connectivity index (χ4v) is 1.83. The molecule has 1 saturated heterocycles. The maximum Gasteiger partial charge on any atom is 0.0507 e. The average Bonchev–Trinajstić information content (AvgIpc) is 2.65. The lowest BCUT2D eigenvalue weighted by Crippen LogP contribution is -2.33. The number of hydrogen-bond acceptors (Lipinski definition) is 3. The van der Waals surface area contributed by atoms with Crippen LogP contribution in [0.1, 0.15) is 19.8 Å². The van der Waals surface area contributed by atoms with Gasteiger partial charge in [-0.25, -0.2) is 0 Å². The summed E-state index contributed by atoms with van der Waals surface area (Å²) in [5.41, 5.74) is 0. The van der Waals surface area contributed by atoms with Crippen LogP contribution in [0.3, 0.4) is 0 Å². The largest absolute Gasteiger partial charge is 0.381 e. The van der Waals surface area contributed by atoms with E-state index >= 15 is 0 Å². The van der Waals surface area contributed by atoms with Gasteiger partial charge in [0.2, 0.25) is 0 Å². The van der Waals surface area contributed by atoms with Crippen molar-refractivity contribution in [3.63, 3.8) is 0 Å². The number of rotatable bonds is 7. The van der Waals surface area contributed by atoms with E-state index in [-0.39, 0.29) is 0 Å². The van der Waals surface area contributed by atoms with Crippen molar-refractivity contribution in [1.82, 2.24) is 10.2 Å². The van der Waals surface area contributed by atoms with E-state index in [0.717, 1.165) is 38.8 Å². The van der Waals surface area contributed by atoms with Gasteiger partial charge in [0.1, 0.15) is 0 Å². The van der Waals surface area contributed by atoms with Gasteiger partial charge in [0.05, 0.1) is 6.61 Å². The minimum absolute atomic E-state index is 0.770. The van der Waals surface area contributed by atoms with Crippen LogP contribution in [-0.2, 0) is 4.74 Å². The van der Waals surface area contributed by atoms with Gasteiger partial charge in [-0.15, -0.1) is 0 Å². The normalized spacial score (nSPS) is 22.1. The monoisotopic (exact) mass is 200 g/mol. The summed E-state index contributed by atoms with van der Waals surface area (Å²) in [6.07, 6.45) is 2.47. The maximum atomic E-state index is 5.36. The molecule has 0 aromatic rings. The summed E-state index contributed by atoms with van der Waals surface area (Å²) in [7, 11) is 2.20. The minimum Gasteiger partial charge on any atom is -0.381 e. The van der Waals surface area contributed by atoms with Crippen LogP contribution in [0.25, 0.3) is 0 Å². The van der Waals surface area contributed by atoms with Crippen molar-refractivity contribution < 1.29 is 4.74 Å². The van der Waals surface area contributed by atoms with E-state index < -0.39 is 0 Å². The van der Waals surface area contributed by atoms with Crippen molar-refractivity contribution >= 4 is 0 Å². The zero-order chi connectivity index (χ0) is 10.2. The Labute approximate surface area is 87.8 Å². The average molecular weight is 200 g/mol. The SMILES string of the molecule is CCCNCCN(C)CC1CCOC1. The van der Waals surface area contributed by atoms with Crippen LogP contribution >= 0.6 is 0 Å². The fraction of sp³-hybridized carbons (Fsp3) is 1.00. The van der Waals surface area contributed by atoms with Gasteiger partial charge in [-0.05, 0) is 32.4 Å². The molecule has 14 heavy (non-hydrogen) atoms. The zero-order valence-corrected chi connectivity index (χ0v) is 9.59. The first-order valence-corrected chi connectivity index (χ1v) is 5.80. The number of nitrogens with zero attached hydrogens (tertiary/aromatic N) is 1. The predicted octanol–water partition coefficient (Wildman–Crippen LogP) is 0.954. The molecule has 0 saturated carbocycles. The summed E-state index contributed by atoms with van der Waals surface area (Å²) in [5.74, 6) is 0.770. The second kappa shape index (κ2) is 7.21. The van der Waals surface area contributed by atoms with Crippen LogP contribution in [0, 0.1) is 5.92 Å². The van der Waals surface area contributed by atoms with Crippen molar-refractivity contribution in [1.29, 1.82) is 0 Å². The lowest BCUT2D eigenvalue weighted by atomic mass is 10.1. The summed E-state index contributed by atoms with van der Waals surface area (Å²) in [6.45, 7) is 8.72. The van der Waals surface area contributed by atoms with Crippen LogP contribution in [-0.4, -0.2) is 51.3 Å². The molecule has 0 aromatic heterocycles. The molecule has 0 bridgehead atoms. The van der Waals surface area contributed by atoms with E-state index in [4.69, 9.17) is 4.74 Å². The first kappa shape index (κ1) is 12.0. The Hall–Kier alpha value is -0.120. The van der Waals surface area contributed by atoms with Gasteiger partial charge in [-0.1, -0.05) is 6.92 Å². The third-order valence-electron chi connectivity index (χ3n) is 2.69.